The second-order valence-electron chi connectivity index (χ2n) is 7.30. The summed E-state index contributed by atoms with van der Waals surface area (Å²) in [4.78, 5) is 14.5. The van der Waals surface area contributed by atoms with Gasteiger partial charge in [-0.05, 0) is 94.3 Å². The third kappa shape index (κ3) is 4.90. The SMILES string of the molecule is CN(C)CCCCNSNC(=O)Nc1c2c(cc3c1CCC3)CCC2. The molecule has 25 heavy (non-hydrogen) atoms. The van der Waals surface area contributed by atoms with Crippen molar-refractivity contribution in [3.63, 3.8) is 0 Å². The van der Waals surface area contributed by atoms with E-state index in [0.717, 1.165) is 57.3 Å². The monoisotopic (exact) mass is 362 g/mol. The smallest absolute Gasteiger partial charge is 0.309 e. The van der Waals surface area contributed by atoms with E-state index in [1.807, 2.05) is 0 Å². The first-order valence-corrected chi connectivity index (χ1v) is 10.2. The zero-order valence-corrected chi connectivity index (χ0v) is 16.2. The number of fused-ring (bicyclic) bond motifs is 2. The number of hydrogen-bond donors (Lipinski definition) is 3. The van der Waals surface area contributed by atoms with Crippen LogP contribution in [0.4, 0.5) is 10.5 Å². The Labute approximate surface area is 155 Å². The number of nitrogens with zero attached hydrogens (tertiary/aromatic N) is 1. The van der Waals surface area contributed by atoms with Gasteiger partial charge in [0.25, 0.3) is 0 Å². The van der Waals surface area contributed by atoms with Gasteiger partial charge in [-0.25, -0.2) is 9.52 Å². The maximum Gasteiger partial charge on any atom is 0.330 e. The van der Waals surface area contributed by atoms with Crippen molar-refractivity contribution in [2.24, 2.45) is 0 Å². The van der Waals surface area contributed by atoms with E-state index in [9.17, 15) is 4.79 Å². The first kappa shape index (κ1) is 18.5. The molecule has 0 radical (unpaired) electrons. The second kappa shape index (κ2) is 8.92. The standard InChI is InChI=1S/C19H30N4OS/c1-23(2)12-4-3-11-20-25-22-19(24)21-18-16-9-5-7-14(16)13-15-8-6-10-17(15)18/h13,20H,3-12H2,1-2H3,(H2,21,22,24). The van der Waals surface area contributed by atoms with Gasteiger partial charge in [0.2, 0.25) is 0 Å². The highest BCUT2D eigenvalue weighted by Gasteiger charge is 2.24. The van der Waals surface area contributed by atoms with Crippen LogP contribution in [0, 0.1) is 0 Å². The van der Waals surface area contributed by atoms with E-state index < -0.39 is 0 Å². The van der Waals surface area contributed by atoms with Gasteiger partial charge in [-0.3, -0.25) is 4.72 Å². The Balaban J connectivity index is 1.46. The number of anilines is 1. The highest BCUT2D eigenvalue weighted by atomic mass is 32.2. The fourth-order valence-corrected chi connectivity index (χ4v) is 4.33. The topological polar surface area (TPSA) is 56.4 Å². The summed E-state index contributed by atoms with van der Waals surface area (Å²) in [5, 5.41) is 3.14. The molecule has 0 atom stereocenters. The number of carbonyl (C=O) groups excluding carboxylic acids is 1. The van der Waals surface area contributed by atoms with Crippen molar-refractivity contribution in [2.75, 3.05) is 32.5 Å². The van der Waals surface area contributed by atoms with Crippen molar-refractivity contribution >= 4 is 23.9 Å². The van der Waals surface area contributed by atoms with Gasteiger partial charge in [0.1, 0.15) is 0 Å². The quantitative estimate of drug-likeness (QED) is 0.491. The van der Waals surface area contributed by atoms with Crippen molar-refractivity contribution in [2.45, 2.75) is 51.4 Å². The summed E-state index contributed by atoms with van der Waals surface area (Å²) >= 11 is 1.28. The van der Waals surface area contributed by atoms with Crippen molar-refractivity contribution in [1.29, 1.82) is 0 Å². The van der Waals surface area contributed by atoms with E-state index in [2.05, 4.69) is 39.8 Å². The lowest BCUT2D eigenvalue weighted by atomic mass is 9.99. The summed E-state index contributed by atoms with van der Waals surface area (Å²) in [6, 6.07) is 2.26. The normalized spacial score (nSPS) is 15.3. The molecule has 2 aliphatic carbocycles. The predicted octanol–water partition coefficient (Wildman–Crippen LogP) is 3.28. The van der Waals surface area contributed by atoms with Gasteiger partial charge in [-0.15, -0.1) is 0 Å². The molecule has 2 amide bonds. The van der Waals surface area contributed by atoms with E-state index >= 15 is 0 Å². The Kier molecular flexibility index (Phi) is 6.62. The van der Waals surface area contributed by atoms with Crippen molar-refractivity contribution in [3.8, 4) is 0 Å². The van der Waals surface area contributed by atoms with Gasteiger partial charge < -0.3 is 10.2 Å². The van der Waals surface area contributed by atoms with Gasteiger partial charge in [0.15, 0.2) is 0 Å². The average Bonchev–Trinajstić information content (AvgIpc) is 3.22. The Morgan fingerprint density at radius 1 is 1.08 bits per heavy atom. The highest BCUT2D eigenvalue weighted by Crippen LogP contribution is 2.38. The van der Waals surface area contributed by atoms with E-state index in [4.69, 9.17) is 0 Å². The molecule has 0 saturated heterocycles. The summed E-state index contributed by atoms with van der Waals surface area (Å²) in [5.41, 5.74) is 6.74. The van der Waals surface area contributed by atoms with Crippen LogP contribution in [0.1, 0.15) is 47.9 Å². The molecule has 0 fully saturated rings. The molecule has 1 aromatic carbocycles. The minimum atomic E-state index is -0.125. The summed E-state index contributed by atoms with van der Waals surface area (Å²) in [6.45, 7) is 2.00. The van der Waals surface area contributed by atoms with Crippen LogP contribution in [0.25, 0.3) is 0 Å². The van der Waals surface area contributed by atoms with Crippen LogP contribution in [0.15, 0.2) is 6.07 Å². The maximum absolute atomic E-state index is 12.3. The van der Waals surface area contributed by atoms with Crippen LogP contribution >= 0.6 is 12.1 Å². The molecule has 1 aromatic rings. The number of rotatable bonds is 8. The molecule has 0 spiro atoms. The number of unbranched alkanes of at least 4 members (excludes halogenated alkanes) is 1. The summed E-state index contributed by atoms with van der Waals surface area (Å²) in [6.07, 6.45) is 9.17. The Hall–Kier alpha value is -1.24. The molecule has 3 N–H and O–H groups in total. The molecular formula is C19H30N4OS. The predicted molar refractivity (Wildman–Crippen MR) is 106 cm³/mol. The maximum atomic E-state index is 12.3. The number of aryl methyl sites for hydroxylation is 2. The fraction of sp³-hybridized carbons (Fsp3) is 0.632. The fourth-order valence-electron chi connectivity index (χ4n) is 3.86. The van der Waals surface area contributed by atoms with Crippen molar-refractivity contribution in [3.05, 3.63) is 28.3 Å². The molecular weight excluding hydrogens is 332 g/mol. The third-order valence-corrected chi connectivity index (χ3v) is 5.70. The largest absolute Gasteiger partial charge is 0.330 e. The second-order valence-corrected chi connectivity index (χ2v) is 7.99. The molecule has 0 bridgehead atoms. The zero-order chi connectivity index (χ0) is 17.6. The Morgan fingerprint density at radius 2 is 1.76 bits per heavy atom. The van der Waals surface area contributed by atoms with Crippen LogP contribution in [0.3, 0.4) is 0 Å². The lowest BCUT2D eigenvalue weighted by Crippen LogP contribution is -2.27. The van der Waals surface area contributed by atoms with Gasteiger partial charge in [0.05, 0.1) is 0 Å². The molecule has 0 aliphatic heterocycles. The molecule has 0 saturated carbocycles. The van der Waals surface area contributed by atoms with Gasteiger partial charge in [-0.2, -0.15) is 0 Å². The third-order valence-electron chi connectivity index (χ3n) is 5.06. The molecule has 0 unspecified atom stereocenters. The average molecular weight is 363 g/mol. The van der Waals surface area contributed by atoms with E-state index in [0.29, 0.717) is 0 Å². The summed E-state index contributed by atoms with van der Waals surface area (Å²) in [7, 11) is 4.18. The number of nitrogens with one attached hydrogen (secondary N) is 3. The van der Waals surface area contributed by atoms with Crippen LogP contribution in [0.5, 0.6) is 0 Å². The minimum absolute atomic E-state index is 0.125. The number of hydrogen-bond acceptors (Lipinski definition) is 4. The van der Waals surface area contributed by atoms with Crippen molar-refractivity contribution in [1.82, 2.24) is 14.3 Å². The first-order valence-electron chi connectivity index (χ1n) is 9.42. The highest BCUT2D eigenvalue weighted by molar-refractivity contribution is 7.96. The number of benzene rings is 1. The van der Waals surface area contributed by atoms with Gasteiger partial charge in [0, 0.05) is 24.4 Å². The Bertz CT molecular complexity index is 586. The summed E-state index contributed by atoms with van der Waals surface area (Å²) < 4.78 is 6.06. The zero-order valence-electron chi connectivity index (χ0n) is 15.4. The molecule has 0 aromatic heterocycles. The molecule has 6 heteroatoms. The molecule has 138 valence electrons. The van der Waals surface area contributed by atoms with E-state index in [1.54, 1.807) is 0 Å². The summed E-state index contributed by atoms with van der Waals surface area (Å²) in [5.74, 6) is 0. The van der Waals surface area contributed by atoms with Crippen LogP contribution in [-0.2, 0) is 25.7 Å². The van der Waals surface area contributed by atoms with Gasteiger partial charge >= 0.3 is 6.03 Å². The molecule has 3 rings (SSSR count). The van der Waals surface area contributed by atoms with Crippen LogP contribution < -0.4 is 14.8 Å². The van der Waals surface area contributed by atoms with Crippen LogP contribution in [0.2, 0.25) is 0 Å². The van der Waals surface area contributed by atoms with Crippen LogP contribution in [-0.4, -0.2) is 38.1 Å². The number of carbonyl (C=O) groups is 1. The lowest BCUT2D eigenvalue weighted by molar-refractivity contribution is 0.257. The first-order chi connectivity index (χ1) is 12.1. The van der Waals surface area contributed by atoms with E-state index in [-0.39, 0.29) is 6.03 Å². The number of urea groups is 1. The molecule has 5 nitrogen and oxygen atoms in total. The van der Waals surface area contributed by atoms with Gasteiger partial charge in [-0.1, -0.05) is 6.07 Å². The number of amides is 2. The van der Waals surface area contributed by atoms with E-state index in [1.165, 1.54) is 47.2 Å². The van der Waals surface area contributed by atoms with Crippen molar-refractivity contribution < 1.29 is 4.79 Å². The molecule has 0 heterocycles. The minimum Gasteiger partial charge on any atom is -0.309 e. The lowest BCUT2D eigenvalue weighted by Gasteiger charge is -2.16. The molecule has 2 aliphatic rings. The Morgan fingerprint density at radius 3 is 2.40 bits per heavy atom.